The van der Waals surface area contributed by atoms with E-state index in [0.29, 0.717) is 17.1 Å². The molecule has 2 N–H and O–H groups in total. The van der Waals surface area contributed by atoms with Crippen molar-refractivity contribution in [3.63, 3.8) is 0 Å². The Kier molecular flexibility index (Phi) is 4.04. The van der Waals surface area contributed by atoms with E-state index in [9.17, 15) is 10.1 Å². The lowest BCUT2D eigenvalue weighted by molar-refractivity contribution is -0.384. The summed E-state index contributed by atoms with van der Waals surface area (Å²) in [5.74, 6) is 0. The number of rotatable bonds is 3. The number of benzene rings is 1. The first kappa shape index (κ1) is 13.1. The monoisotopic (exact) mass is 269 g/mol. The molecule has 1 aliphatic rings. The zero-order valence-electron chi connectivity index (χ0n) is 10.1. The third kappa shape index (κ3) is 2.91. The van der Waals surface area contributed by atoms with Crippen molar-refractivity contribution in [2.75, 3.05) is 11.9 Å². The number of piperidine rings is 1. The minimum Gasteiger partial charge on any atom is -0.380 e. The summed E-state index contributed by atoms with van der Waals surface area (Å²) in [6.45, 7) is 3.16. The van der Waals surface area contributed by atoms with E-state index in [2.05, 4.69) is 17.6 Å². The first-order valence-corrected chi connectivity index (χ1v) is 6.39. The van der Waals surface area contributed by atoms with Crippen molar-refractivity contribution in [1.82, 2.24) is 5.32 Å². The quantitative estimate of drug-likeness (QED) is 0.654. The van der Waals surface area contributed by atoms with E-state index in [-0.39, 0.29) is 5.69 Å². The standard InChI is InChI=1S/C12H16ClN3O2/c1-8-11(3-2-6-14-8)15-12-5-4-9(16(17)18)7-10(12)13/h4-5,7-8,11,14-15H,2-3,6H2,1H3. The van der Waals surface area contributed by atoms with Crippen LogP contribution in [0.3, 0.4) is 0 Å². The molecule has 1 fully saturated rings. The highest BCUT2D eigenvalue weighted by Crippen LogP contribution is 2.28. The average Bonchev–Trinajstić information content (AvgIpc) is 2.34. The van der Waals surface area contributed by atoms with Gasteiger partial charge in [0.2, 0.25) is 0 Å². The zero-order chi connectivity index (χ0) is 13.1. The molecule has 0 amide bonds. The highest BCUT2D eigenvalue weighted by Gasteiger charge is 2.21. The zero-order valence-corrected chi connectivity index (χ0v) is 10.9. The van der Waals surface area contributed by atoms with E-state index >= 15 is 0 Å². The maximum atomic E-state index is 10.6. The summed E-state index contributed by atoms with van der Waals surface area (Å²) in [6.07, 6.45) is 2.19. The summed E-state index contributed by atoms with van der Waals surface area (Å²) in [5.41, 5.74) is 0.767. The number of halogens is 1. The maximum Gasteiger partial charge on any atom is 0.271 e. The van der Waals surface area contributed by atoms with Gasteiger partial charge in [0.25, 0.3) is 5.69 Å². The fourth-order valence-electron chi connectivity index (χ4n) is 2.18. The van der Waals surface area contributed by atoms with Gasteiger partial charge in [-0.1, -0.05) is 11.6 Å². The Hall–Kier alpha value is -1.33. The van der Waals surface area contributed by atoms with Gasteiger partial charge in [0.05, 0.1) is 15.6 Å². The van der Waals surface area contributed by atoms with Crippen molar-refractivity contribution >= 4 is 23.0 Å². The van der Waals surface area contributed by atoms with Crippen molar-refractivity contribution in [2.24, 2.45) is 0 Å². The van der Waals surface area contributed by atoms with Gasteiger partial charge in [0.15, 0.2) is 0 Å². The van der Waals surface area contributed by atoms with Gasteiger partial charge in [-0.3, -0.25) is 10.1 Å². The highest BCUT2D eigenvalue weighted by atomic mass is 35.5. The first-order valence-electron chi connectivity index (χ1n) is 6.02. The molecule has 98 valence electrons. The lowest BCUT2D eigenvalue weighted by atomic mass is 9.99. The predicted molar refractivity (Wildman–Crippen MR) is 72.2 cm³/mol. The average molecular weight is 270 g/mol. The van der Waals surface area contributed by atoms with Gasteiger partial charge < -0.3 is 10.6 Å². The van der Waals surface area contributed by atoms with Crippen LogP contribution in [0.5, 0.6) is 0 Å². The highest BCUT2D eigenvalue weighted by molar-refractivity contribution is 6.33. The molecule has 0 bridgehead atoms. The molecule has 2 atom stereocenters. The van der Waals surface area contributed by atoms with Gasteiger partial charge in [0.1, 0.15) is 0 Å². The van der Waals surface area contributed by atoms with E-state index in [1.54, 1.807) is 6.07 Å². The second-order valence-corrected chi connectivity index (χ2v) is 4.96. The minimum absolute atomic E-state index is 0.0142. The molecule has 18 heavy (non-hydrogen) atoms. The van der Waals surface area contributed by atoms with Crippen LogP contribution >= 0.6 is 11.6 Å². The summed E-state index contributed by atoms with van der Waals surface area (Å²) < 4.78 is 0. The van der Waals surface area contributed by atoms with Gasteiger partial charge in [-0.15, -0.1) is 0 Å². The van der Waals surface area contributed by atoms with Crippen molar-refractivity contribution in [3.8, 4) is 0 Å². The second-order valence-electron chi connectivity index (χ2n) is 4.56. The molecular weight excluding hydrogens is 254 g/mol. The summed E-state index contributed by atoms with van der Waals surface area (Å²) in [7, 11) is 0. The molecule has 2 rings (SSSR count). The van der Waals surface area contributed by atoms with Crippen LogP contribution in [-0.4, -0.2) is 23.6 Å². The number of nitrogens with zero attached hydrogens (tertiary/aromatic N) is 1. The van der Waals surface area contributed by atoms with Crippen LogP contribution < -0.4 is 10.6 Å². The fraction of sp³-hybridized carbons (Fsp3) is 0.500. The number of nitrogens with one attached hydrogen (secondary N) is 2. The molecule has 1 heterocycles. The summed E-state index contributed by atoms with van der Waals surface area (Å²) >= 11 is 6.05. The Bertz CT molecular complexity index is 453. The number of hydrogen-bond donors (Lipinski definition) is 2. The third-order valence-electron chi connectivity index (χ3n) is 3.27. The van der Waals surface area contributed by atoms with Crippen molar-refractivity contribution in [2.45, 2.75) is 31.8 Å². The van der Waals surface area contributed by atoms with Crippen LogP contribution in [0, 0.1) is 10.1 Å². The van der Waals surface area contributed by atoms with E-state index in [1.807, 2.05) is 0 Å². The Labute approximate surface area is 111 Å². The van der Waals surface area contributed by atoms with Crippen LogP contribution in [0.15, 0.2) is 18.2 Å². The van der Waals surface area contributed by atoms with Gasteiger partial charge in [-0.25, -0.2) is 0 Å². The molecule has 0 radical (unpaired) electrons. The van der Waals surface area contributed by atoms with Gasteiger partial charge in [-0.2, -0.15) is 0 Å². The van der Waals surface area contributed by atoms with Crippen LogP contribution in [0.4, 0.5) is 11.4 Å². The van der Waals surface area contributed by atoms with E-state index < -0.39 is 4.92 Å². The molecule has 1 aromatic rings. The van der Waals surface area contributed by atoms with E-state index in [1.165, 1.54) is 12.1 Å². The molecule has 0 spiro atoms. The molecule has 5 nitrogen and oxygen atoms in total. The largest absolute Gasteiger partial charge is 0.380 e. The molecule has 1 aromatic carbocycles. The third-order valence-corrected chi connectivity index (χ3v) is 3.58. The molecule has 6 heteroatoms. The summed E-state index contributed by atoms with van der Waals surface area (Å²) in [6, 6.07) is 5.18. The topological polar surface area (TPSA) is 67.2 Å². The molecule has 1 saturated heterocycles. The minimum atomic E-state index is -0.444. The number of nitro benzene ring substituents is 1. The number of anilines is 1. The van der Waals surface area contributed by atoms with Crippen LogP contribution in [0.25, 0.3) is 0 Å². The number of hydrogen-bond acceptors (Lipinski definition) is 4. The molecule has 2 unspecified atom stereocenters. The van der Waals surface area contributed by atoms with E-state index in [0.717, 1.165) is 25.1 Å². The van der Waals surface area contributed by atoms with Crippen LogP contribution in [0.2, 0.25) is 5.02 Å². The van der Waals surface area contributed by atoms with Crippen molar-refractivity contribution < 1.29 is 4.92 Å². The first-order chi connectivity index (χ1) is 8.58. The Balaban J connectivity index is 2.11. The molecule has 0 aliphatic carbocycles. The number of nitro groups is 1. The summed E-state index contributed by atoms with van der Waals surface area (Å²) in [5, 5.41) is 17.7. The van der Waals surface area contributed by atoms with Gasteiger partial charge in [-0.05, 0) is 32.4 Å². The Morgan fingerprint density at radius 1 is 1.56 bits per heavy atom. The molecule has 0 aromatic heterocycles. The SMILES string of the molecule is CC1NCCCC1Nc1ccc([N+](=O)[O-])cc1Cl. The maximum absolute atomic E-state index is 10.6. The van der Waals surface area contributed by atoms with Crippen molar-refractivity contribution in [3.05, 3.63) is 33.3 Å². The van der Waals surface area contributed by atoms with Crippen LogP contribution in [0.1, 0.15) is 19.8 Å². The van der Waals surface area contributed by atoms with E-state index in [4.69, 9.17) is 11.6 Å². The molecule has 0 saturated carbocycles. The lowest BCUT2D eigenvalue weighted by Gasteiger charge is -2.31. The Morgan fingerprint density at radius 3 is 2.94 bits per heavy atom. The van der Waals surface area contributed by atoms with Crippen molar-refractivity contribution in [1.29, 1.82) is 0 Å². The number of non-ortho nitro benzene ring substituents is 1. The second kappa shape index (κ2) is 5.54. The summed E-state index contributed by atoms with van der Waals surface area (Å²) in [4.78, 5) is 10.2. The molecule has 1 aliphatic heterocycles. The molecular formula is C12H16ClN3O2. The lowest BCUT2D eigenvalue weighted by Crippen LogP contribution is -2.46. The van der Waals surface area contributed by atoms with Gasteiger partial charge >= 0.3 is 0 Å². The van der Waals surface area contributed by atoms with Crippen LogP contribution in [-0.2, 0) is 0 Å². The van der Waals surface area contributed by atoms with Gasteiger partial charge in [0, 0.05) is 24.2 Å². The smallest absolute Gasteiger partial charge is 0.271 e. The fourth-order valence-corrected chi connectivity index (χ4v) is 2.40. The Morgan fingerprint density at radius 2 is 2.33 bits per heavy atom. The predicted octanol–water partition coefficient (Wildman–Crippen LogP) is 2.80. The normalized spacial score (nSPS) is 23.7.